The summed E-state index contributed by atoms with van der Waals surface area (Å²) in [5.74, 6) is -1.21. The molecule has 0 aliphatic carbocycles. The third-order valence-corrected chi connectivity index (χ3v) is 6.00. The molecular formula is C26H49NO3. The van der Waals surface area contributed by atoms with Gasteiger partial charge in [-0.2, -0.15) is 0 Å². The Hall–Kier alpha value is -1.32. The van der Waals surface area contributed by atoms with Crippen molar-refractivity contribution in [2.45, 2.75) is 124 Å². The molecule has 4 nitrogen and oxygen atoms in total. The molecule has 1 amide bonds. The molecule has 0 aromatic carbocycles. The highest BCUT2D eigenvalue weighted by Crippen LogP contribution is 2.19. The van der Waals surface area contributed by atoms with Crippen LogP contribution in [0.1, 0.15) is 124 Å². The van der Waals surface area contributed by atoms with Crippen LogP contribution in [0.3, 0.4) is 0 Å². The second-order valence-corrected chi connectivity index (χ2v) is 8.55. The number of carboxylic acids is 1. The second kappa shape index (κ2) is 20.9. The summed E-state index contributed by atoms with van der Waals surface area (Å²) < 4.78 is 0. The Balaban J connectivity index is 3.63. The Morgan fingerprint density at radius 3 is 1.60 bits per heavy atom. The molecule has 0 rings (SSSR count). The number of carbonyl (C=O) groups excluding carboxylic acids is 1. The third kappa shape index (κ3) is 16.5. The monoisotopic (exact) mass is 423 g/mol. The van der Waals surface area contributed by atoms with E-state index in [4.69, 9.17) is 5.11 Å². The molecule has 1 unspecified atom stereocenters. The van der Waals surface area contributed by atoms with Crippen molar-refractivity contribution in [3.63, 3.8) is 0 Å². The number of hydrogen-bond acceptors (Lipinski definition) is 2. The summed E-state index contributed by atoms with van der Waals surface area (Å²) in [7, 11) is 0. The van der Waals surface area contributed by atoms with Gasteiger partial charge in [-0.1, -0.05) is 89.2 Å². The van der Waals surface area contributed by atoms with Crippen LogP contribution < -0.4 is 0 Å². The van der Waals surface area contributed by atoms with Gasteiger partial charge in [0.15, 0.2) is 0 Å². The van der Waals surface area contributed by atoms with Crippen LogP contribution >= 0.6 is 0 Å². The molecule has 0 aromatic rings. The molecule has 0 aliphatic heterocycles. The van der Waals surface area contributed by atoms with Gasteiger partial charge >= 0.3 is 5.97 Å². The Kier molecular flexibility index (Phi) is 20.0. The molecule has 30 heavy (non-hydrogen) atoms. The normalized spacial score (nSPS) is 12.4. The van der Waals surface area contributed by atoms with Gasteiger partial charge in [0.2, 0.25) is 5.91 Å². The third-order valence-electron chi connectivity index (χ3n) is 6.00. The number of carbonyl (C=O) groups is 2. The van der Waals surface area contributed by atoms with Gasteiger partial charge in [0.25, 0.3) is 0 Å². The lowest BCUT2D eigenvalue weighted by atomic mass is 9.95. The van der Waals surface area contributed by atoms with Gasteiger partial charge in [0, 0.05) is 19.0 Å². The molecule has 0 heterocycles. The van der Waals surface area contributed by atoms with E-state index in [1.165, 1.54) is 77.0 Å². The fraction of sp³-hybridized carbons (Fsp3) is 0.846. The SMILES string of the molecule is C/C=C/CCCCCCCCCCCCCCCC(CC(=O)O)C(=O)N(CC)CC. The van der Waals surface area contributed by atoms with E-state index in [-0.39, 0.29) is 18.2 Å². The maximum absolute atomic E-state index is 12.5. The van der Waals surface area contributed by atoms with Crippen molar-refractivity contribution in [1.29, 1.82) is 0 Å². The maximum Gasteiger partial charge on any atom is 0.304 e. The van der Waals surface area contributed by atoms with Gasteiger partial charge in [-0.05, 0) is 40.0 Å². The van der Waals surface area contributed by atoms with Crippen molar-refractivity contribution >= 4 is 11.9 Å². The molecule has 0 spiro atoms. The minimum Gasteiger partial charge on any atom is -0.481 e. The van der Waals surface area contributed by atoms with Gasteiger partial charge < -0.3 is 10.0 Å². The molecule has 0 saturated carbocycles. The summed E-state index contributed by atoms with van der Waals surface area (Å²) in [6, 6.07) is 0. The lowest BCUT2D eigenvalue weighted by Crippen LogP contribution is -2.36. The molecule has 0 saturated heterocycles. The smallest absolute Gasteiger partial charge is 0.304 e. The lowest BCUT2D eigenvalue weighted by molar-refractivity contribution is -0.144. The number of allylic oxidation sites excluding steroid dienone is 2. The molecular weight excluding hydrogens is 374 g/mol. The highest BCUT2D eigenvalue weighted by atomic mass is 16.4. The van der Waals surface area contributed by atoms with E-state index in [0.717, 1.165) is 12.8 Å². The zero-order chi connectivity index (χ0) is 22.5. The van der Waals surface area contributed by atoms with Crippen molar-refractivity contribution in [1.82, 2.24) is 4.90 Å². The average molecular weight is 424 g/mol. The van der Waals surface area contributed by atoms with Gasteiger partial charge in [0.05, 0.1) is 6.42 Å². The van der Waals surface area contributed by atoms with Crippen LogP contribution in [-0.2, 0) is 9.59 Å². The first-order valence-corrected chi connectivity index (χ1v) is 12.7. The van der Waals surface area contributed by atoms with Gasteiger partial charge in [-0.3, -0.25) is 9.59 Å². The van der Waals surface area contributed by atoms with Gasteiger partial charge in [-0.25, -0.2) is 0 Å². The fourth-order valence-electron chi connectivity index (χ4n) is 4.08. The van der Waals surface area contributed by atoms with Crippen molar-refractivity contribution in [3.05, 3.63) is 12.2 Å². The van der Waals surface area contributed by atoms with Gasteiger partial charge in [-0.15, -0.1) is 0 Å². The van der Waals surface area contributed by atoms with E-state index < -0.39 is 5.97 Å². The van der Waals surface area contributed by atoms with E-state index in [9.17, 15) is 9.59 Å². The zero-order valence-corrected chi connectivity index (χ0v) is 20.2. The summed E-state index contributed by atoms with van der Waals surface area (Å²) in [5, 5.41) is 9.12. The number of nitrogens with zero attached hydrogens (tertiary/aromatic N) is 1. The first kappa shape index (κ1) is 28.7. The second-order valence-electron chi connectivity index (χ2n) is 8.55. The van der Waals surface area contributed by atoms with Crippen molar-refractivity contribution in [3.8, 4) is 0 Å². The van der Waals surface area contributed by atoms with E-state index in [0.29, 0.717) is 19.5 Å². The Bertz CT molecular complexity index is 444. The van der Waals surface area contributed by atoms with Crippen LogP contribution in [-0.4, -0.2) is 35.0 Å². The zero-order valence-electron chi connectivity index (χ0n) is 20.2. The minimum atomic E-state index is -0.867. The first-order chi connectivity index (χ1) is 14.6. The van der Waals surface area contributed by atoms with Crippen LogP contribution in [0.15, 0.2) is 12.2 Å². The summed E-state index contributed by atoms with van der Waals surface area (Å²) in [5.41, 5.74) is 0. The van der Waals surface area contributed by atoms with Crippen molar-refractivity contribution in [2.24, 2.45) is 5.92 Å². The molecule has 0 fully saturated rings. The largest absolute Gasteiger partial charge is 0.481 e. The summed E-state index contributed by atoms with van der Waals surface area (Å²) in [6.45, 7) is 7.30. The number of hydrogen-bond donors (Lipinski definition) is 1. The van der Waals surface area contributed by atoms with Crippen LogP contribution in [0.25, 0.3) is 0 Å². The van der Waals surface area contributed by atoms with Crippen LogP contribution in [0, 0.1) is 5.92 Å². The van der Waals surface area contributed by atoms with E-state index in [1.807, 2.05) is 13.8 Å². The van der Waals surface area contributed by atoms with E-state index in [2.05, 4.69) is 19.1 Å². The number of rotatable bonds is 21. The Morgan fingerprint density at radius 1 is 0.767 bits per heavy atom. The predicted molar refractivity (Wildman–Crippen MR) is 128 cm³/mol. The molecule has 4 heteroatoms. The fourth-order valence-corrected chi connectivity index (χ4v) is 4.08. The maximum atomic E-state index is 12.5. The molecule has 176 valence electrons. The quantitative estimate of drug-likeness (QED) is 0.155. The van der Waals surface area contributed by atoms with Crippen molar-refractivity contribution in [2.75, 3.05) is 13.1 Å². The standard InChI is InChI=1S/C26H49NO3/c1-4-7-8-9-10-11-12-13-14-15-16-17-18-19-20-21-22-24(23-25(28)29)26(30)27(5-2)6-3/h4,7,24H,5-6,8-23H2,1-3H3,(H,28,29)/b7-4+. The number of aliphatic carboxylic acids is 1. The van der Waals surface area contributed by atoms with E-state index >= 15 is 0 Å². The lowest BCUT2D eigenvalue weighted by Gasteiger charge is -2.24. The van der Waals surface area contributed by atoms with Crippen LogP contribution in [0.2, 0.25) is 0 Å². The average Bonchev–Trinajstić information content (AvgIpc) is 2.73. The molecule has 0 bridgehead atoms. The molecule has 0 aliphatic rings. The Labute approximate surface area is 186 Å². The molecule has 1 N–H and O–H groups in total. The van der Waals surface area contributed by atoms with Crippen LogP contribution in [0.4, 0.5) is 0 Å². The number of amides is 1. The molecule has 1 atom stereocenters. The Morgan fingerprint density at radius 2 is 1.20 bits per heavy atom. The topological polar surface area (TPSA) is 57.6 Å². The molecule has 0 aromatic heterocycles. The number of unbranched alkanes of at least 4 members (excludes halogenated alkanes) is 13. The summed E-state index contributed by atoms with van der Waals surface area (Å²) in [6.07, 6.45) is 23.1. The summed E-state index contributed by atoms with van der Waals surface area (Å²) >= 11 is 0. The highest BCUT2D eigenvalue weighted by molar-refractivity contribution is 5.83. The first-order valence-electron chi connectivity index (χ1n) is 12.7. The summed E-state index contributed by atoms with van der Waals surface area (Å²) in [4.78, 5) is 25.4. The predicted octanol–water partition coefficient (Wildman–Crippen LogP) is 7.37. The number of carboxylic acid groups (broad SMARTS) is 1. The molecule has 0 radical (unpaired) electrons. The van der Waals surface area contributed by atoms with Crippen molar-refractivity contribution < 1.29 is 14.7 Å². The van der Waals surface area contributed by atoms with Crippen LogP contribution in [0.5, 0.6) is 0 Å². The minimum absolute atomic E-state index is 0.0141. The highest BCUT2D eigenvalue weighted by Gasteiger charge is 2.24. The van der Waals surface area contributed by atoms with Gasteiger partial charge in [0.1, 0.15) is 0 Å². The van der Waals surface area contributed by atoms with E-state index in [1.54, 1.807) is 4.90 Å².